The van der Waals surface area contributed by atoms with Crippen molar-refractivity contribution in [1.82, 2.24) is 4.98 Å². The van der Waals surface area contributed by atoms with Crippen LogP contribution in [0.15, 0.2) is 71.2 Å². The third kappa shape index (κ3) is 3.58. The summed E-state index contributed by atoms with van der Waals surface area (Å²) in [6.07, 6.45) is 3.10. The minimum absolute atomic E-state index is 0.238. The predicted molar refractivity (Wildman–Crippen MR) is 106 cm³/mol. The van der Waals surface area contributed by atoms with Crippen LogP contribution in [-0.4, -0.2) is 10.9 Å². The maximum atomic E-state index is 12.1. The quantitative estimate of drug-likeness (QED) is 0.488. The summed E-state index contributed by atoms with van der Waals surface area (Å²) in [6, 6.07) is 19.6. The molecule has 0 radical (unpaired) electrons. The number of rotatable bonds is 4. The average Bonchev–Trinajstić information content (AvgIpc) is 3.27. The van der Waals surface area contributed by atoms with E-state index in [2.05, 4.69) is 16.4 Å². The van der Waals surface area contributed by atoms with E-state index in [0.717, 1.165) is 21.5 Å². The highest BCUT2D eigenvalue weighted by Crippen LogP contribution is 2.27. The molecule has 4 nitrogen and oxygen atoms in total. The van der Waals surface area contributed by atoms with E-state index in [9.17, 15) is 4.79 Å². The van der Waals surface area contributed by atoms with E-state index in [1.165, 1.54) is 23.0 Å². The minimum atomic E-state index is -0.238. The molecule has 4 rings (SSSR count). The second-order valence-electron chi connectivity index (χ2n) is 5.88. The van der Waals surface area contributed by atoms with E-state index >= 15 is 0 Å². The van der Waals surface area contributed by atoms with Gasteiger partial charge in [-0.3, -0.25) is 10.1 Å². The Morgan fingerprint density at radius 1 is 1.12 bits per heavy atom. The monoisotopic (exact) mass is 360 g/mol. The van der Waals surface area contributed by atoms with Gasteiger partial charge in [0.15, 0.2) is 5.13 Å². The number of fused-ring (bicyclic) bond motifs is 1. The topological polar surface area (TPSA) is 55.1 Å². The molecule has 0 bridgehead atoms. The van der Waals surface area contributed by atoms with Crippen LogP contribution in [0.2, 0.25) is 0 Å². The molecule has 128 valence electrons. The zero-order valence-corrected chi connectivity index (χ0v) is 14.9. The molecule has 1 N–H and O–H groups in total. The molecule has 0 saturated heterocycles. The van der Waals surface area contributed by atoms with Crippen LogP contribution in [0.4, 0.5) is 5.13 Å². The van der Waals surface area contributed by atoms with Gasteiger partial charge < -0.3 is 4.42 Å². The van der Waals surface area contributed by atoms with Gasteiger partial charge >= 0.3 is 0 Å². The Morgan fingerprint density at radius 2 is 1.96 bits per heavy atom. The van der Waals surface area contributed by atoms with E-state index < -0.39 is 0 Å². The number of furan rings is 1. The van der Waals surface area contributed by atoms with Crippen molar-refractivity contribution in [2.75, 3.05) is 5.32 Å². The maximum absolute atomic E-state index is 12.1. The molecule has 0 saturated carbocycles. The summed E-state index contributed by atoms with van der Waals surface area (Å²) in [6.45, 7) is 2.03. The Labute approximate surface area is 154 Å². The third-order valence-electron chi connectivity index (χ3n) is 3.86. The first-order chi connectivity index (χ1) is 12.7. The molecule has 2 aromatic heterocycles. The van der Waals surface area contributed by atoms with Crippen LogP contribution in [0, 0.1) is 6.92 Å². The lowest BCUT2D eigenvalue weighted by Crippen LogP contribution is -2.07. The molecular formula is C21H16N2O2S. The lowest BCUT2D eigenvalue weighted by molar-refractivity contribution is -0.111. The van der Waals surface area contributed by atoms with Crippen LogP contribution in [0.5, 0.6) is 0 Å². The maximum Gasteiger partial charge on any atom is 0.250 e. The third-order valence-corrected chi connectivity index (χ3v) is 4.79. The number of anilines is 1. The van der Waals surface area contributed by atoms with Crippen LogP contribution < -0.4 is 5.32 Å². The fourth-order valence-corrected chi connectivity index (χ4v) is 3.56. The highest BCUT2D eigenvalue weighted by molar-refractivity contribution is 7.22. The van der Waals surface area contributed by atoms with E-state index in [4.69, 9.17) is 4.42 Å². The lowest BCUT2D eigenvalue weighted by Gasteiger charge is -1.95. The first-order valence-electron chi connectivity index (χ1n) is 8.19. The van der Waals surface area contributed by atoms with Gasteiger partial charge in [-0.25, -0.2) is 4.98 Å². The molecule has 26 heavy (non-hydrogen) atoms. The summed E-state index contributed by atoms with van der Waals surface area (Å²) < 4.78 is 6.81. The Hall–Kier alpha value is -3.18. The molecule has 1 amide bonds. The van der Waals surface area contributed by atoms with Crippen molar-refractivity contribution in [3.05, 3.63) is 78.1 Å². The molecule has 4 aromatic rings. The van der Waals surface area contributed by atoms with Gasteiger partial charge in [0.2, 0.25) is 5.91 Å². The summed E-state index contributed by atoms with van der Waals surface area (Å²) in [5.41, 5.74) is 3.06. The van der Waals surface area contributed by atoms with Crippen molar-refractivity contribution in [1.29, 1.82) is 0 Å². The van der Waals surface area contributed by atoms with Crippen LogP contribution in [-0.2, 0) is 4.79 Å². The lowest BCUT2D eigenvalue weighted by atomic mass is 10.2. The summed E-state index contributed by atoms with van der Waals surface area (Å²) in [4.78, 5) is 16.6. The fourth-order valence-electron chi connectivity index (χ4n) is 2.59. The van der Waals surface area contributed by atoms with Crippen molar-refractivity contribution < 1.29 is 9.21 Å². The highest BCUT2D eigenvalue weighted by Gasteiger charge is 2.07. The van der Waals surface area contributed by atoms with E-state index in [0.29, 0.717) is 10.9 Å². The van der Waals surface area contributed by atoms with Crippen molar-refractivity contribution in [2.45, 2.75) is 6.92 Å². The fraction of sp³-hybridized carbons (Fsp3) is 0.0476. The number of benzene rings is 2. The summed E-state index contributed by atoms with van der Waals surface area (Å²) in [7, 11) is 0. The van der Waals surface area contributed by atoms with E-state index in [-0.39, 0.29) is 5.91 Å². The number of carbonyl (C=O) groups is 1. The standard InChI is InChI=1S/C21H16N2O2S/c1-14-7-10-17-19(13-14)26-21(22-17)23-20(24)12-9-16-8-11-18(25-16)15-5-3-2-4-6-15/h2-13H,1H3,(H,22,23,24)/b12-9+. The Balaban J connectivity index is 1.45. The van der Waals surface area contributed by atoms with Crippen LogP contribution in [0.25, 0.3) is 27.6 Å². The van der Waals surface area contributed by atoms with E-state index in [1.807, 2.05) is 61.5 Å². The van der Waals surface area contributed by atoms with Crippen LogP contribution in [0.3, 0.4) is 0 Å². The second-order valence-corrected chi connectivity index (χ2v) is 6.91. The number of aryl methyl sites for hydroxylation is 1. The number of amides is 1. The minimum Gasteiger partial charge on any atom is -0.457 e. The molecule has 0 aliphatic heterocycles. The van der Waals surface area contributed by atoms with Gasteiger partial charge in [-0.2, -0.15) is 0 Å². The Kier molecular flexibility index (Phi) is 4.37. The van der Waals surface area contributed by atoms with Crippen molar-refractivity contribution in [2.24, 2.45) is 0 Å². The number of hydrogen-bond donors (Lipinski definition) is 1. The summed E-state index contributed by atoms with van der Waals surface area (Å²) in [5, 5.41) is 3.39. The van der Waals surface area contributed by atoms with Gasteiger partial charge in [0.05, 0.1) is 10.2 Å². The van der Waals surface area contributed by atoms with Crippen molar-refractivity contribution >= 4 is 38.7 Å². The molecule has 0 aliphatic carbocycles. The van der Waals surface area contributed by atoms with Crippen LogP contribution in [0.1, 0.15) is 11.3 Å². The number of hydrogen-bond acceptors (Lipinski definition) is 4. The molecular weight excluding hydrogens is 344 g/mol. The summed E-state index contributed by atoms with van der Waals surface area (Å²) >= 11 is 1.46. The number of nitrogens with zero attached hydrogens (tertiary/aromatic N) is 1. The van der Waals surface area contributed by atoms with Crippen molar-refractivity contribution in [3.63, 3.8) is 0 Å². The first kappa shape index (κ1) is 16.3. The number of nitrogens with one attached hydrogen (secondary N) is 1. The van der Waals surface area contributed by atoms with Crippen LogP contribution >= 0.6 is 11.3 Å². The van der Waals surface area contributed by atoms with Gasteiger partial charge in [-0.05, 0) is 42.8 Å². The molecule has 0 fully saturated rings. The SMILES string of the molecule is Cc1ccc2nc(NC(=O)/C=C/c3ccc(-c4ccccc4)o3)sc2c1. The smallest absolute Gasteiger partial charge is 0.250 e. The first-order valence-corrected chi connectivity index (χ1v) is 9.00. The molecule has 0 unspecified atom stereocenters. The molecule has 0 aliphatic rings. The van der Waals surface area contributed by atoms with Gasteiger partial charge in [0, 0.05) is 11.6 Å². The van der Waals surface area contributed by atoms with Gasteiger partial charge in [-0.15, -0.1) is 0 Å². The Bertz CT molecular complexity index is 1090. The second kappa shape index (κ2) is 6.98. The zero-order chi connectivity index (χ0) is 17.9. The molecule has 5 heteroatoms. The van der Waals surface area contributed by atoms with E-state index in [1.54, 1.807) is 6.08 Å². The molecule has 2 aromatic carbocycles. The number of thiazole rings is 1. The zero-order valence-electron chi connectivity index (χ0n) is 14.1. The summed E-state index contributed by atoms with van der Waals surface area (Å²) in [5.74, 6) is 1.16. The number of aromatic nitrogens is 1. The van der Waals surface area contributed by atoms with Crippen molar-refractivity contribution in [3.8, 4) is 11.3 Å². The largest absolute Gasteiger partial charge is 0.457 e. The average molecular weight is 360 g/mol. The van der Waals surface area contributed by atoms with Gasteiger partial charge in [0.1, 0.15) is 11.5 Å². The van der Waals surface area contributed by atoms with Gasteiger partial charge in [0.25, 0.3) is 0 Å². The van der Waals surface area contributed by atoms with Gasteiger partial charge in [-0.1, -0.05) is 47.7 Å². The molecule has 2 heterocycles. The molecule has 0 spiro atoms. The molecule has 0 atom stereocenters. The number of carbonyl (C=O) groups excluding carboxylic acids is 1. The predicted octanol–water partition coefficient (Wildman–Crippen LogP) is 5.52. The highest BCUT2D eigenvalue weighted by atomic mass is 32.1. The normalized spacial score (nSPS) is 11.3. The Morgan fingerprint density at radius 3 is 2.81 bits per heavy atom.